The van der Waals surface area contributed by atoms with Crippen LogP contribution >= 0.6 is 0 Å². The van der Waals surface area contributed by atoms with Crippen molar-refractivity contribution in [3.05, 3.63) is 70.6 Å². The standard InChI is InChI=1S/C24H27N3O4S/c1-18-8-9-21(19(2)16-18)27-23(28)17-22(24(27)29)25-11-13-26(14-12-25)32(30,31)15-10-20-6-4-3-5-7-20/h3-10,15-16,22H,11-14,17H2,1-2H3/b15-10+/t22-/m1/s1. The van der Waals surface area contributed by atoms with Crippen molar-refractivity contribution in [3.8, 4) is 0 Å². The Bertz CT molecular complexity index is 1150. The smallest absolute Gasteiger partial charge is 0.251 e. The van der Waals surface area contributed by atoms with Crippen molar-refractivity contribution in [2.45, 2.75) is 26.3 Å². The van der Waals surface area contributed by atoms with Crippen LogP contribution in [-0.2, 0) is 19.6 Å². The summed E-state index contributed by atoms with van der Waals surface area (Å²) in [4.78, 5) is 29.0. The molecule has 2 aromatic carbocycles. The van der Waals surface area contributed by atoms with Gasteiger partial charge in [0.1, 0.15) is 0 Å². The number of piperazine rings is 1. The maximum atomic E-state index is 13.1. The van der Waals surface area contributed by atoms with E-state index in [9.17, 15) is 18.0 Å². The molecule has 0 unspecified atom stereocenters. The lowest BCUT2D eigenvalue weighted by Gasteiger charge is -2.35. The van der Waals surface area contributed by atoms with Crippen LogP contribution in [0.25, 0.3) is 6.08 Å². The maximum Gasteiger partial charge on any atom is 0.251 e. The summed E-state index contributed by atoms with van der Waals surface area (Å²) in [5.74, 6) is -0.449. The Balaban J connectivity index is 1.41. The summed E-state index contributed by atoms with van der Waals surface area (Å²) in [6.45, 7) is 5.23. The zero-order valence-corrected chi connectivity index (χ0v) is 19.1. The topological polar surface area (TPSA) is 78.0 Å². The van der Waals surface area contributed by atoms with Crippen LogP contribution in [-0.4, -0.2) is 61.7 Å². The fraction of sp³-hybridized carbons (Fsp3) is 0.333. The highest BCUT2D eigenvalue weighted by molar-refractivity contribution is 7.92. The normalized spacial score (nSPS) is 21.1. The first kappa shape index (κ1) is 22.4. The molecular weight excluding hydrogens is 426 g/mol. The highest BCUT2D eigenvalue weighted by Gasteiger charge is 2.44. The lowest BCUT2D eigenvalue weighted by molar-refractivity contribution is -0.123. The summed E-state index contributed by atoms with van der Waals surface area (Å²) < 4.78 is 26.8. The fourth-order valence-corrected chi connectivity index (χ4v) is 5.47. The monoisotopic (exact) mass is 453 g/mol. The van der Waals surface area contributed by atoms with Gasteiger partial charge in [-0.3, -0.25) is 14.5 Å². The summed E-state index contributed by atoms with van der Waals surface area (Å²) in [6.07, 6.45) is 1.70. The minimum absolute atomic E-state index is 0.118. The number of amides is 2. The van der Waals surface area contributed by atoms with Crippen molar-refractivity contribution < 1.29 is 18.0 Å². The second-order valence-electron chi connectivity index (χ2n) is 8.27. The van der Waals surface area contributed by atoms with E-state index in [2.05, 4.69) is 0 Å². The van der Waals surface area contributed by atoms with E-state index >= 15 is 0 Å². The third kappa shape index (κ3) is 4.53. The Hall–Kier alpha value is -2.81. The Morgan fingerprint density at radius 2 is 1.62 bits per heavy atom. The van der Waals surface area contributed by atoms with Gasteiger partial charge in [-0.1, -0.05) is 48.0 Å². The second kappa shape index (κ2) is 8.97. The molecule has 0 radical (unpaired) electrons. The molecule has 2 aliphatic rings. The molecular formula is C24H27N3O4S. The molecule has 2 amide bonds. The molecule has 2 aromatic rings. The molecule has 2 aliphatic heterocycles. The molecule has 1 atom stereocenters. The largest absolute Gasteiger partial charge is 0.289 e. The summed E-state index contributed by atoms with van der Waals surface area (Å²) in [5.41, 5.74) is 3.39. The summed E-state index contributed by atoms with van der Waals surface area (Å²) in [7, 11) is -3.55. The van der Waals surface area contributed by atoms with E-state index in [4.69, 9.17) is 0 Å². The fourth-order valence-electron chi connectivity index (χ4n) is 4.30. The molecule has 0 aliphatic carbocycles. The average molecular weight is 454 g/mol. The number of hydrogen-bond acceptors (Lipinski definition) is 5. The maximum absolute atomic E-state index is 13.1. The molecule has 0 bridgehead atoms. The predicted octanol–water partition coefficient (Wildman–Crippen LogP) is 2.55. The van der Waals surface area contributed by atoms with Gasteiger partial charge < -0.3 is 0 Å². The summed E-state index contributed by atoms with van der Waals surface area (Å²) in [6, 6.07) is 14.4. The predicted molar refractivity (Wildman–Crippen MR) is 124 cm³/mol. The van der Waals surface area contributed by atoms with Gasteiger partial charge in [-0.15, -0.1) is 0 Å². The van der Waals surface area contributed by atoms with Gasteiger partial charge in [-0.2, -0.15) is 4.31 Å². The highest BCUT2D eigenvalue weighted by Crippen LogP contribution is 2.29. The van der Waals surface area contributed by atoms with E-state index in [-0.39, 0.29) is 31.3 Å². The number of anilines is 1. The van der Waals surface area contributed by atoms with Crippen LogP contribution in [0.5, 0.6) is 0 Å². The first-order valence-electron chi connectivity index (χ1n) is 10.7. The number of nitrogens with zero attached hydrogens (tertiary/aromatic N) is 3. The van der Waals surface area contributed by atoms with Crippen LogP contribution in [0.4, 0.5) is 5.69 Å². The van der Waals surface area contributed by atoms with Gasteiger partial charge in [0.15, 0.2) is 0 Å². The number of benzene rings is 2. The quantitative estimate of drug-likeness (QED) is 0.651. The van der Waals surface area contributed by atoms with E-state index in [0.717, 1.165) is 16.7 Å². The van der Waals surface area contributed by atoms with Crippen molar-refractivity contribution in [1.82, 2.24) is 9.21 Å². The lowest BCUT2D eigenvalue weighted by Crippen LogP contribution is -2.53. The molecule has 8 heteroatoms. The number of aryl methyl sites for hydroxylation is 2. The van der Waals surface area contributed by atoms with Gasteiger partial charge in [0, 0.05) is 31.6 Å². The van der Waals surface area contributed by atoms with Gasteiger partial charge in [0.25, 0.3) is 5.91 Å². The molecule has 7 nitrogen and oxygen atoms in total. The van der Waals surface area contributed by atoms with Crippen LogP contribution in [0.3, 0.4) is 0 Å². The van der Waals surface area contributed by atoms with E-state index in [1.165, 1.54) is 14.6 Å². The molecule has 0 N–H and O–H groups in total. The number of rotatable bonds is 5. The van der Waals surface area contributed by atoms with Gasteiger partial charge in [0.05, 0.1) is 18.2 Å². The molecule has 2 fully saturated rings. The number of carbonyl (C=O) groups is 2. The number of hydrogen-bond donors (Lipinski definition) is 0. The van der Waals surface area contributed by atoms with Crippen LogP contribution < -0.4 is 4.90 Å². The Morgan fingerprint density at radius 3 is 2.28 bits per heavy atom. The second-order valence-corrected chi connectivity index (χ2v) is 10.1. The van der Waals surface area contributed by atoms with Gasteiger partial charge in [-0.25, -0.2) is 13.3 Å². The molecule has 2 saturated heterocycles. The Labute approximate surface area is 189 Å². The van der Waals surface area contributed by atoms with E-state index < -0.39 is 16.1 Å². The van der Waals surface area contributed by atoms with Crippen molar-refractivity contribution in [3.63, 3.8) is 0 Å². The zero-order valence-electron chi connectivity index (χ0n) is 18.3. The van der Waals surface area contributed by atoms with Crippen LogP contribution in [0, 0.1) is 13.8 Å². The lowest BCUT2D eigenvalue weighted by atomic mass is 10.1. The molecule has 0 spiro atoms. The molecule has 32 heavy (non-hydrogen) atoms. The Morgan fingerprint density at radius 1 is 0.938 bits per heavy atom. The van der Waals surface area contributed by atoms with Crippen LogP contribution in [0.1, 0.15) is 23.1 Å². The zero-order chi connectivity index (χ0) is 22.9. The number of sulfonamides is 1. The van der Waals surface area contributed by atoms with Gasteiger partial charge in [-0.05, 0) is 37.1 Å². The number of carbonyl (C=O) groups excluding carboxylic acids is 2. The summed E-state index contributed by atoms with van der Waals surface area (Å²) >= 11 is 0. The van der Waals surface area contributed by atoms with Crippen molar-refractivity contribution in [1.29, 1.82) is 0 Å². The van der Waals surface area contributed by atoms with Crippen molar-refractivity contribution >= 4 is 33.6 Å². The average Bonchev–Trinajstić information content (AvgIpc) is 3.07. The van der Waals surface area contributed by atoms with E-state index in [0.29, 0.717) is 18.8 Å². The summed E-state index contributed by atoms with van der Waals surface area (Å²) in [5, 5.41) is 1.23. The first-order chi connectivity index (χ1) is 15.3. The van der Waals surface area contributed by atoms with Crippen LogP contribution in [0.15, 0.2) is 53.9 Å². The van der Waals surface area contributed by atoms with Crippen LogP contribution in [0.2, 0.25) is 0 Å². The Kier molecular flexibility index (Phi) is 6.28. The third-order valence-corrected chi connectivity index (χ3v) is 7.59. The minimum atomic E-state index is -3.55. The van der Waals surface area contributed by atoms with E-state index in [1.807, 2.05) is 67.3 Å². The third-order valence-electron chi connectivity index (χ3n) is 6.02. The SMILES string of the molecule is Cc1ccc(N2C(=O)C[C@@H](N3CCN(S(=O)(=O)/C=C/c4ccccc4)CC3)C2=O)c(C)c1. The van der Waals surface area contributed by atoms with Gasteiger partial charge in [0.2, 0.25) is 15.9 Å². The molecule has 0 saturated carbocycles. The van der Waals surface area contributed by atoms with Crippen molar-refractivity contribution in [2.75, 3.05) is 31.1 Å². The molecule has 168 valence electrons. The minimum Gasteiger partial charge on any atom is -0.289 e. The molecule has 0 aromatic heterocycles. The van der Waals surface area contributed by atoms with Gasteiger partial charge >= 0.3 is 0 Å². The molecule has 2 heterocycles. The highest BCUT2D eigenvalue weighted by atomic mass is 32.2. The first-order valence-corrected chi connectivity index (χ1v) is 12.2. The van der Waals surface area contributed by atoms with Crippen molar-refractivity contribution in [2.24, 2.45) is 0 Å². The number of imide groups is 1. The van der Waals surface area contributed by atoms with E-state index in [1.54, 1.807) is 6.08 Å². The molecule has 4 rings (SSSR count).